The van der Waals surface area contributed by atoms with Crippen LogP contribution in [0.4, 0.5) is 0 Å². The van der Waals surface area contributed by atoms with Crippen LogP contribution in [0.25, 0.3) is 22.3 Å². The molecule has 0 saturated heterocycles. The van der Waals surface area contributed by atoms with Crippen LogP contribution in [-0.4, -0.2) is 13.2 Å². The van der Waals surface area contributed by atoms with Crippen LogP contribution >= 0.6 is 0 Å². The van der Waals surface area contributed by atoms with Crippen LogP contribution in [-0.2, 0) is 4.74 Å². The molecular formula is C35H48O2. The topological polar surface area (TPSA) is 18.5 Å². The van der Waals surface area contributed by atoms with Gasteiger partial charge in [0.2, 0.25) is 0 Å². The lowest BCUT2D eigenvalue weighted by atomic mass is 9.94. The molecule has 0 radical (unpaired) electrons. The predicted molar refractivity (Wildman–Crippen MR) is 159 cm³/mol. The molecule has 200 valence electrons. The largest absolute Gasteiger partial charge is 0.494 e. The monoisotopic (exact) mass is 500 g/mol. The van der Waals surface area contributed by atoms with Gasteiger partial charge in [-0.3, -0.25) is 0 Å². The lowest BCUT2D eigenvalue weighted by Crippen LogP contribution is -2.02. The standard InChI is InChI=1S/C35H48O2/c1-4-6-7-8-9-10-11-12-13-16-28-36-29(3)30-19-21-31(22-20-30)34-17-14-15-18-35(34)32-23-25-33(26-24-32)37-27-5-2/h14-15,17-26,29H,4-13,16,27-28H2,1-3H3. The summed E-state index contributed by atoms with van der Waals surface area (Å²) in [6, 6.07) is 26.0. The second kappa shape index (κ2) is 17.0. The van der Waals surface area contributed by atoms with Crippen LogP contribution in [0.2, 0.25) is 0 Å². The van der Waals surface area contributed by atoms with E-state index in [1.807, 2.05) is 0 Å². The van der Waals surface area contributed by atoms with E-state index >= 15 is 0 Å². The highest BCUT2D eigenvalue weighted by Crippen LogP contribution is 2.33. The van der Waals surface area contributed by atoms with E-state index in [1.54, 1.807) is 0 Å². The highest BCUT2D eigenvalue weighted by atomic mass is 16.5. The van der Waals surface area contributed by atoms with E-state index in [2.05, 4.69) is 93.6 Å². The minimum Gasteiger partial charge on any atom is -0.494 e. The Labute approximate surface area is 226 Å². The molecule has 0 saturated carbocycles. The molecular weight excluding hydrogens is 452 g/mol. The summed E-state index contributed by atoms with van der Waals surface area (Å²) < 4.78 is 11.9. The molecule has 37 heavy (non-hydrogen) atoms. The van der Waals surface area contributed by atoms with Gasteiger partial charge in [-0.1, -0.05) is 132 Å². The first-order valence-electron chi connectivity index (χ1n) is 14.8. The Kier molecular flexibility index (Phi) is 13.3. The number of ether oxygens (including phenoxy) is 2. The first-order valence-corrected chi connectivity index (χ1v) is 14.8. The molecule has 0 amide bonds. The zero-order valence-corrected chi connectivity index (χ0v) is 23.5. The summed E-state index contributed by atoms with van der Waals surface area (Å²) >= 11 is 0. The lowest BCUT2D eigenvalue weighted by molar-refractivity contribution is 0.0627. The number of benzene rings is 3. The first-order chi connectivity index (χ1) is 18.2. The molecule has 0 heterocycles. The third-order valence-electron chi connectivity index (χ3n) is 7.12. The molecule has 0 aliphatic rings. The van der Waals surface area contributed by atoms with Crippen LogP contribution in [0.15, 0.2) is 72.8 Å². The molecule has 0 N–H and O–H groups in total. The predicted octanol–water partition coefficient (Wildman–Crippen LogP) is 10.8. The Morgan fingerprint density at radius 3 is 1.59 bits per heavy atom. The average molecular weight is 501 g/mol. The smallest absolute Gasteiger partial charge is 0.119 e. The Balaban J connectivity index is 1.46. The van der Waals surface area contributed by atoms with E-state index in [0.717, 1.165) is 31.8 Å². The highest BCUT2D eigenvalue weighted by Gasteiger charge is 2.10. The summed E-state index contributed by atoms with van der Waals surface area (Å²) in [6.07, 6.45) is 14.7. The number of unbranched alkanes of at least 4 members (excludes halogenated alkanes) is 9. The summed E-state index contributed by atoms with van der Waals surface area (Å²) in [5.74, 6) is 0.930. The van der Waals surface area contributed by atoms with Crippen molar-refractivity contribution >= 4 is 0 Å². The minimum absolute atomic E-state index is 0.124. The molecule has 1 unspecified atom stereocenters. The highest BCUT2D eigenvalue weighted by molar-refractivity contribution is 5.83. The van der Waals surface area contributed by atoms with Gasteiger partial charge in [0.15, 0.2) is 0 Å². The van der Waals surface area contributed by atoms with E-state index in [-0.39, 0.29) is 6.10 Å². The fraction of sp³-hybridized carbons (Fsp3) is 0.486. The second-order valence-corrected chi connectivity index (χ2v) is 10.2. The van der Waals surface area contributed by atoms with Gasteiger partial charge in [-0.2, -0.15) is 0 Å². The van der Waals surface area contributed by atoms with Crippen LogP contribution < -0.4 is 4.74 Å². The summed E-state index contributed by atoms with van der Waals surface area (Å²) in [5.41, 5.74) is 6.16. The van der Waals surface area contributed by atoms with Crippen molar-refractivity contribution in [3.63, 3.8) is 0 Å². The minimum atomic E-state index is 0.124. The quantitative estimate of drug-likeness (QED) is 0.162. The number of hydrogen-bond acceptors (Lipinski definition) is 2. The van der Waals surface area contributed by atoms with E-state index in [9.17, 15) is 0 Å². The van der Waals surface area contributed by atoms with Gasteiger partial charge >= 0.3 is 0 Å². The van der Waals surface area contributed by atoms with Crippen molar-refractivity contribution in [1.29, 1.82) is 0 Å². The molecule has 1 atom stereocenters. The van der Waals surface area contributed by atoms with Crippen molar-refractivity contribution in [2.24, 2.45) is 0 Å². The van der Waals surface area contributed by atoms with Crippen molar-refractivity contribution in [1.82, 2.24) is 0 Å². The van der Waals surface area contributed by atoms with Crippen LogP contribution in [0.3, 0.4) is 0 Å². The van der Waals surface area contributed by atoms with E-state index < -0.39 is 0 Å². The van der Waals surface area contributed by atoms with Gasteiger partial charge in [0.05, 0.1) is 12.7 Å². The van der Waals surface area contributed by atoms with Crippen molar-refractivity contribution in [2.45, 2.75) is 97.5 Å². The Morgan fingerprint density at radius 1 is 0.541 bits per heavy atom. The van der Waals surface area contributed by atoms with E-state index in [0.29, 0.717) is 0 Å². The molecule has 2 heteroatoms. The first kappa shape index (κ1) is 29.0. The van der Waals surface area contributed by atoms with Crippen molar-refractivity contribution in [2.75, 3.05) is 13.2 Å². The molecule has 2 nitrogen and oxygen atoms in total. The van der Waals surface area contributed by atoms with Crippen molar-refractivity contribution < 1.29 is 9.47 Å². The maximum atomic E-state index is 6.17. The van der Waals surface area contributed by atoms with Crippen molar-refractivity contribution in [3.05, 3.63) is 78.4 Å². The molecule has 0 aliphatic heterocycles. The molecule has 0 aromatic heterocycles. The fourth-order valence-corrected chi connectivity index (χ4v) is 4.82. The van der Waals surface area contributed by atoms with Gasteiger partial charge in [0.25, 0.3) is 0 Å². The average Bonchev–Trinajstić information content (AvgIpc) is 2.95. The van der Waals surface area contributed by atoms with Gasteiger partial charge in [-0.05, 0) is 59.7 Å². The van der Waals surface area contributed by atoms with Crippen LogP contribution in [0, 0.1) is 0 Å². The van der Waals surface area contributed by atoms with Gasteiger partial charge in [-0.15, -0.1) is 0 Å². The maximum Gasteiger partial charge on any atom is 0.119 e. The molecule has 3 aromatic carbocycles. The van der Waals surface area contributed by atoms with Gasteiger partial charge in [-0.25, -0.2) is 0 Å². The van der Waals surface area contributed by atoms with Crippen LogP contribution in [0.5, 0.6) is 5.75 Å². The number of rotatable bonds is 18. The third kappa shape index (κ3) is 10.0. The van der Waals surface area contributed by atoms with E-state index in [4.69, 9.17) is 9.47 Å². The normalized spacial score (nSPS) is 12.0. The molecule has 0 aliphatic carbocycles. The summed E-state index contributed by atoms with van der Waals surface area (Å²) in [7, 11) is 0. The van der Waals surface area contributed by atoms with Gasteiger partial charge < -0.3 is 9.47 Å². The Hall–Kier alpha value is -2.58. The van der Waals surface area contributed by atoms with E-state index in [1.165, 1.54) is 85.6 Å². The maximum absolute atomic E-state index is 6.17. The summed E-state index contributed by atoms with van der Waals surface area (Å²) in [6.45, 7) is 8.18. The fourth-order valence-electron chi connectivity index (χ4n) is 4.82. The zero-order chi connectivity index (χ0) is 26.1. The third-order valence-corrected chi connectivity index (χ3v) is 7.12. The SMILES string of the molecule is CCCCCCCCCCCCOC(C)c1ccc(-c2ccccc2-c2ccc(OCCC)cc2)cc1. The second-order valence-electron chi connectivity index (χ2n) is 10.2. The van der Waals surface area contributed by atoms with Gasteiger partial charge in [0.1, 0.15) is 5.75 Å². The molecule has 0 bridgehead atoms. The number of hydrogen-bond donors (Lipinski definition) is 0. The van der Waals surface area contributed by atoms with Gasteiger partial charge in [0, 0.05) is 6.61 Å². The Bertz CT molecular complexity index is 991. The molecule has 0 spiro atoms. The molecule has 3 aromatic rings. The molecule has 3 rings (SSSR count). The Morgan fingerprint density at radius 2 is 1.05 bits per heavy atom. The molecule has 0 fully saturated rings. The summed E-state index contributed by atoms with van der Waals surface area (Å²) in [4.78, 5) is 0. The zero-order valence-electron chi connectivity index (χ0n) is 23.5. The summed E-state index contributed by atoms with van der Waals surface area (Å²) in [5, 5.41) is 0. The van der Waals surface area contributed by atoms with Crippen molar-refractivity contribution in [3.8, 4) is 28.0 Å². The van der Waals surface area contributed by atoms with Crippen LogP contribution in [0.1, 0.15) is 103 Å². The lowest BCUT2D eigenvalue weighted by Gasteiger charge is -2.15.